The van der Waals surface area contributed by atoms with E-state index in [0.29, 0.717) is 19.6 Å². The maximum absolute atomic E-state index is 12.5. The van der Waals surface area contributed by atoms with E-state index in [1.54, 1.807) is 0 Å². The summed E-state index contributed by atoms with van der Waals surface area (Å²) in [6, 6.07) is 4.11. The minimum absolute atomic E-state index is 0.0621. The third-order valence-electron chi connectivity index (χ3n) is 4.11. The Morgan fingerprint density at radius 2 is 1.62 bits per heavy atom. The van der Waals surface area contributed by atoms with Gasteiger partial charge in [-0.15, -0.1) is 0 Å². The van der Waals surface area contributed by atoms with Crippen molar-refractivity contribution in [2.45, 2.75) is 48.9 Å². The van der Waals surface area contributed by atoms with Gasteiger partial charge in [-0.25, -0.2) is 16.8 Å². The molecule has 2 rings (SSSR count). The van der Waals surface area contributed by atoms with Gasteiger partial charge < -0.3 is 5.32 Å². The van der Waals surface area contributed by atoms with Crippen LogP contribution in [0.25, 0.3) is 0 Å². The zero-order chi connectivity index (χ0) is 19.4. The van der Waals surface area contributed by atoms with Crippen molar-refractivity contribution in [2.75, 3.05) is 19.6 Å². The van der Waals surface area contributed by atoms with Crippen molar-refractivity contribution in [2.24, 2.45) is 0 Å². The first-order chi connectivity index (χ1) is 12.2. The zero-order valence-electron chi connectivity index (χ0n) is 14.9. The van der Waals surface area contributed by atoms with Crippen molar-refractivity contribution >= 4 is 26.0 Å². The highest BCUT2D eigenvalue weighted by Crippen LogP contribution is 2.22. The molecule has 0 radical (unpaired) electrons. The van der Waals surface area contributed by atoms with Gasteiger partial charge in [-0.05, 0) is 50.5 Å². The molecule has 0 saturated carbocycles. The smallest absolute Gasteiger partial charge is 0.243 e. The third-order valence-corrected chi connectivity index (χ3v) is 7.58. The van der Waals surface area contributed by atoms with Crippen molar-refractivity contribution in [1.29, 1.82) is 0 Å². The van der Waals surface area contributed by atoms with Crippen LogP contribution in [0.1, 0.15) is 33.1 Å². The van der Waals surface area contributed by atoms with Crippen molar-refractivity contribution in [3.63, 3.8) is 0 Å². The second kappa shape index (κ2) is 8.47. The summed E-state index contributed by atoms with van der Waals surface area (Å²) in [7, 11) is -7.52. The van der Waals surface area contributed by atoms with Crippen molar-refractivity contribution in [1.82, 2.24) is 14.3 Å². The molecule has 1 aromatic carbocycles. The Kier molecular flexibility index (Phi) is 6.78. The molecule has 0 unspecified atom stereocenters. The van der Waals surface area contributed by atoms with Crippen LogP contribution in [0.4, 0.5) is 0 Å². The Labute approximate surface area is 155 Å². The summed E-state index contributed by atoms with van der Waals surface area (Å²) in [5.74, 6) is -0.413. The fraction of sp³-hybridized carbons (Fsp3) is 0.562. The average molecular weight is 404 g/mol. The van der Waals surface area contributed by atoms with Gasteiger partial charge in [0.1, 0.15) is 0 Å². The lowest BCUT2D eigenvalue weighted by Crippen LogP contribution is -2.44. The first-order valence-corrected chi connectivity index (χ1v) is 11.5. The van der Waals surface area contributed by atoms with Gasteiger partial charge in [0.2, 0.25) is 26.0 Å². The molecule has 1 aromatic rings. The second-order valence-electron chi connectivity index (χ2n) is 6.22. The highest BCUT2D eigenvalue weighted by atomic mass is 32.2. The lowest BCUT2D eigenvalue weighted by Gasteiger charge is -2.16. The molecule has 0 bridgehead atoms. The predicted molar refractivity (Wildman–Crippen MR) is 97.5 cm³/mol. The second-order valence-corrected chi connectivity index (χ2v) is 9.87. The number of benzene rings is 1. The lowest BCUT2D eigenvalue weighted by molar-refractivity contribution is -0.122. The van der Waals surface area contributed by atoms with Crippen LogP contribution < -0.4 is 10.0 Å². The molecule has 0 aliphatic carbocycles. The standard InChI is InChI=1S/C16H25N3O5S2/c1-3-10-17-16(20)13(2)18-25(21,22)14-6-8-15(9-7-14)26(23,24)19-11-4-5-12-19/h6-9,13,18H,3-5,10-12H2,1-2H3,(H,17,20)/t13-/m0/s1. The van der Waals surface area contributed by atoms with Crippen LogP contribution >= 0.6 is 0 Å². The van der Waals surface area contributed by atoms with Crippen LogP contribution in [-0.4, -0.2) is 52.7 Å². The quantitative estimate of drug-likeness (QED) is 0.662. The Morgan fingerprint density at radius 1 is 1.08 bits per heavy atom. The fourth-order valence-corrected chi connectivity index (χ4v) is 5.34. The molecule has 1 amide bonds. The number of hydrogen-bond acceptors (Lipinski definition) is 5. The van der Waals surface area contributed by atoms with Crippen LogP contribution in [0.3, 0.4) is 0 Å². The van der Waals surface area contributed by atoms with E-state index in [1.807, 2.05) is 6.92 Å². The maximum Gasteiger partial charge on any atom is 0.243 e. The molecule has 1 aliphatic rings. The molecule has 1 saturated heterocycles. The molecule has 8 nitrogen and oxygen atoms in total. The molecule has 1 aliphatic heterocycles. The summed E-state index contributed by atoms with van der Waals surface area (Å²) in [5.41, 5.74) is 0. The zero-order valence-corrected chi connectivity index (χ0v) is 16.6. The summed E-state index contributed by atoms with van der Waals surface area (Å²) in [5, 5.41) is 2.62. The number of hydrogen-bond donors (Lipinski definition) is 2. The fourth-order valence-electron chi connectivity index (χ4n) is 2.62. The minimum Gasteiger partial charge on any atom is -0.355 e. The van der Waals surface area contributed by atoms with Crippen LogP contribution in [-0.2, 0) is 24.8 Å². The van der Waals surface area contributed by atoms with Gasteiger partial charge in [-0.2, -0.15) is 9.03 Å². The summed E-state index contributed by atoms with van der Waals surface area (Å²) >= 11 is 0. The van der Waals surface area contributed by atoms with Gasteiger partial charge in [0.05, 0.1) is 15.8 Å². The molecule has 26 heavy (non-hydrogen) atoms. The topological polar surface area (TPSA) is 113 Å². The molecule has 1 heterocycles. The molecule has 0 aromatic heterocycles. The monoisotopic (exact) mass is 403 g/mol. The Morgan fingerprint density at radius 3 is 2.15 bits per heavy atom. The molecule has 1 fully saturated rings. The number of nitrogens with one attached hydrogen (secondary N) is 2. The minimum atomic E-state index is -3.93. The molecule has 146 valence electrons. The van der Waals surface area contributed by atoms with Gasteiger partial charge in [-0.3, -0.25) is 4.79 Å². The molecule has 0 spiro atoms. The first kappa shape index (κ1) is 20.8. The molecular formula is C16H25N3O5S2. The van der Waals surface area contributed by atoms with E-state index in [-0.39, 0.29) is 9.79 Å². The summed E-state index contributed by atoms with van der Waals surface area (Å²) < 4.78 is 53.4. The van der Waals surface area contributed by atoms with Gasteiger partial charge in [-0.1, -0.05) is 6.92 Å². The number of carbonyl (C=O) groups excluding carboxylic acids is 1. The number of nitrogens with zero attached hydrogens (tertiary/aromatic N) is 1. The summed E-state index contributed by atoms with van der Waals surface area (Å²) in [6.07, 6.45) is 2.40. The Bertz CT molecular complexity index is 829. The van der Waals surface area contributed by atoms with Crippen LogP contribution in [0, 0.1) is 0 Å². The number of sulfonamides is 2. The average Bonchev–Trinajstić information content (AvgIpc) is 3.14. The predicted octanol–water partition coefficient (Wildman–Crippen LogP) is 0.664. The van der Waals surface area contributed by atoms with Gasteiger partial charge in [0.15, 0.2) is 0 Å². The number of amides is 1. The third kappa shape index (κ3) is 4.81. The van der Waals surface area contributed by atoms with Crippen molar-refractivity contribution in [3.8, 4) is 0 Å². The summed E-state index contributed by atoms with van der Waals surface area (Å²) in [6.45, 7) is 4.78. The van der Waals surface area contributed by atoms with E-state index in [4.69, 9.17) is 0 Å². The van der Waals surface area contributed by atoms with Gasteiger partial charge in [0.25, 0.3) is 0 Å². The van der Waals surface area contributed by atoms with Gasteiger partial charge in [0, 0.05) is 19.6 Å². The van der Waals surface area contributed by atoms with Gasteiger partial charge >= 0.3 is 0 Å². The highest BCUT2D eigenvalue weighted by Gasteiger charge is 2.28. The number of carbonyl (C=O) groups is 1. The van der Waals surface area contributed by atoms with E-state index in [0.717, 1.165) is 19.3 Å². The normalized spacial score (nSPS) is 17.2. The van der Waals surface area contributed by atoms with Crippen LogP contribution in [0.2, 0.25) is 0 Å². The van der Waals surface area contributed by atoms with E-state index in [9.17, 15) is 21.6 Å². The molecule has 2 N–H and O–H groups in total. The Balaban J connectivity index is 2.12. The molecular weight excluding hydrogens is 378 g/mol. The highest BCUT2D eigenvalue weighted by molar-refractivity contribution is 7.89. The SMILES string of the molecule is CCCNC(=O)[C@H](C)NS(=O)(=O)c1ccc(S(=O)(=O)N2CCCC2)cc1. The molecule has 1 atom stereocenters. The van der Waals surface area contributed by atoms with E-state index < -0.39 is 32.0 Å². The largest absolute Gasteiger partial charge is 0.355 e. The first-order valence-electron chi connectivity index (χ1n) is 8.58. The maximum atomic E-state index is 12.5. The van der Waals surface area contributed by atoms with E-state index >= 15 is 0 Å². The number of rotatable bonds is 8. The van der Waals surface area contributed by atoms with E-state index in [2.05, 4.69) is 10.0 Å². The Hall–Kier alpha value is -1.49. The molecule has 10 heteroatoms. The van der Waals surface area contributed by atoms with Crippen molar-refractivity contribution < 1.29 is 21.6 Å². The van der Waals surface area contributed by atoms with Crippen LogP contribution in [0.15, 0.2) is 34.1 Å². The summed E-state index contributed by atoms with van der Waals surface area (Å²) in [4.78, 5) is 11.8. The van der Waals surface area contributed by atoms with E-state index in [1.165, 1.54) is 35.5 Å². The van der Waals surface area contributed by atoms with Crippen LogP contribution in [0.5, 0.6) is 0 Å². The van der Waals surface area contributed by atoms with Crippen molar-refractivity contribution in [3.05, 3.63) is 24.3 Å². The lowest BCUT2D eigenvalue weighted by atomic mass is 10.3.